The molecular weight excluding hydrogens is 326 g/mol. The molecule has 3 N–H and O–H groups in total. The predicted molar refractivity (Wildman–Crippen MR) is 95.5 cm³/mol. The molecule has 0 aliphatic heterocycles. The van der Waals surface area contributed by atoms with Crippen LogP contribution in [0.25, 0.3) is 0 Å². The SMILES string of the molecule is CSc1ccc(NC(=O)O[C@@H](CCCO)c2ccc(O)cc2)cc1. The molecule has 0 radical (unpaired) electrons. The van der Waals surface area contributed by atoms with Crippen LogP contribution < -0.4 is 5.32 Å². The van der Waals surface area contributed by atoms with Crippen LogP contribution in [0.15, 0.2) is 53.4 Å². The van der Waals surface area contributed by atoms with Crippen molar-refractivity contribution in [2.75, 3.05) is 18.2 Å². The van der Waals surface area contributed by atoms with E-state index >= 15 is 0 Å². The number of thioether (sulfide) groups is 1. The van der Waals surface area contributed by atoms with Crippen LogP contribution in [0, 0.1) is 0 Å². The summed E-state index contributed by atoms with van der Waals surface area (Å²) in [4.78, 5) is 13.2. The Balaban J connectivity index is 2.01. The summed E-state index contributed by atoms with van der Waals surface area (Å²) in [6.45, 7) is 0.0235. The Morgan fingerprint density at radius 1 is 1.17 bits per heavy atom. The standard InChI is InChI=1S/C18H21NO4S/c1-24-16-10-6-14(7-11-16)19-18(22)23-17(3-2-12-20)13-4-8-15(21)9-5-13/h4-11,17,20-21H,2-3,12H2,1H3,(H,19,22)/t17-/m0/s1. The first-order valence-electron chi connectivity index (χ1n) is 7.64. The number of aromatic hydroxyl groups is 1. The van der Waals surface area contributed by atoms with Crippen molar-refractivity contribution < 1.29 is 19.7 Å². The van der Waals surface area contributed by atoms with Crippen LogP contribution in [-0.2, 0) is 4.74 Å². The fraction of sp³-hybridized carbons (Fsp3) is 0.278. The number of aliphatic hydroxyl groups is 1. The Morgan fingerprint density at radius 3 is 2.42 bits per heavy atom. The van der Waals surface area contributed by atoms with Gasteiger partial charge in [-0.3, -0.25) is 5.32 Å². The number of ether oxygens (including phenoxy) is 1. The fourth-order valence-electron chi connectivity index (χ4n) is 2.21. The minimum atomic E-state index is -0.553. The molecule has 6 heteroatoms. The lowest BCUT2D eigenvalue weighted by Crippen LogP contribution is -2.18. The second kappa shape index (κ2) is 9.20. The number of anilines is 1. The molecular formula is C18H21NO4S. The second-order valence-electron chi connectivity index (χ2n) is 5.20. The van der Waals surface area contributed by atoms with Gasteiger partial charge in [0.1, 0.15) is 11.9 Å². The molecule has 2 rings (SSSR count). The lowest BCUT2D eigenvalue weighted by molar-refractivity contribution is 0.0995. The molecule has 0 heterocycles. The smallest absolute Gasteiger partial charge is 0.412 e. The molecule has 24 heavy (non-hydrogen) atoms. The zero-order valence-electron chi connectivity index (χ0n) is 13.4. The summed E-state index contributed by atoms with van der Waals surface area (Å²) in [7, 11) is 0. The summed E-state index contributed by atoms with van der Waals surface area (Å²) in [6.07, 6.45) is 1.97. The lowest BCUT2D eigenvalue weighted by Gasteiger charge is -2.18. The highest BCUT2D eigenvalue weighted by molar-refractivity contribution is 7.98. The van der Waals surface area contributed by atoms with Gasteiger partial charge in [-0.15, -0.1) is 11.8 Å². The van der Waals surface area contributed by atoms with E-state index in [-0.39, 0.29) is 12.4 Å². The molecule has 0 saturated carbocycles. The van der Waals surface area contributed by atoms with Crippen molar-refractivity contribution >= 4 is 23.5 Å². The Labute approximate surface area is 145 Å². The van der Waals surface area contributed by atoms with E-state index in [2.05, 4.69) is 5.32 Å². The highest BCUT2D eigenvalue weighted by Gasteiger charge is 2.17. The number of benzene rings is 2. The molecule has 2 aromatic carbocycles. The topological polar surface area (TPSA) is 78.8 Å². The average molecular weight is 347 g/mol. The summed E-state index contributed by atoms with van der Waals surface area (Å²) in [5.41, 5.74) is 1.43. The number of carbonyl (C=O) groups is 1. The van der Waals surface area contributed by atoms with Crippen LogP contribution in [0.1, 0.15) is 24.5 Å². The molecule has 0 fully saturated rings. The van der Waals surface area contributed by atoms with Crippen molar-refractivity contribution in [3.63, 3.8) is 0 Å². The van der Waals surface area contributed by atoms with Crippen molar-refractivity contribution in [1.82, 2.24) is 0 Å². The van der Waals surface area contributed by atoms with Gasteiger partial charge in [0.2, 0.25) is 0 Å². The van der Waals surface area contributed by atoms with Gasteiger partial charge in [-0.05, 0) is 61.1 Å². The Morgan fingerprint density at radius 2 is 1.83 bits per heavy atom. The molecule has 0 aliphatic carbocycles. The molecule has 1 atom stereocenters. The number of hydrogen-bond donors (Lipinski definition) is 3. The van der Waals surface area contributed by atoms with Crippen LogP contribution in [0.4, 0.5) is 10.5 Å². The molecule has 2 aromatic rings. The predicted octanol–water partition coefficient (Wildman–Crippen LogP) is 4.18. The molecule has 1 amide bonds. The normalized spacial score (nSPS) is 11.8. The first kappa shape index (κ1) is 18.2. The molecule has 0 spiro atoms. The highest BCUT2D eigenvalue weighted by atomic mass is 32.2. The van der Waals surface area contributed by atoms with E-state index in [1.807, 2.05) is 30.5 Å². The number of rotatable bonds is 7. The van der Waals surface area contributed by atoms with Crippen molar-refractivity contribution in [3.8, 4) is 5.75 Å². The second-order valence-corrected chi connectivity index (χ2v) is 6.08. The molecule has 5 nitrogen and oxygen atoms in total. The number of amides is 1. The van der Waals surface area contributed by atoms with Gasteiger partial charge in [0.15, 0.2) is 0 Å². The summed E-state index contributed by atoms with van der Waals surface area (Å²) < 4.78 is 5.49. The van der Waals surface area contributed by atoms with Crippen LogP contribution in [0.3, 0.4) is 0 Å². The quantitative estimate of drug-likeness (QED) is 0.655. The zero-order valence-corrected chi connectivity index (χ0v) is 14.3. The van der Waals surface area contributed by atoms with E-state index in [0.717, 1.165) is 10.5 Å². The number of nitrogens with one attached hydrogen (secondary N) is 1. The van der Waals surface area contributed by atoms with Crippen LogP contribution >= 0.6 is 11.8 Å². The van der Waals surface area contributed by atoms with Gasteiger partial charge in [-0.1, -0.05) is 12.1 Å². The van der Waals surface area contributed by atoms with Gasteiger partial charge in [0.25, 0.3) is 0 Å². The van der Waals surface area contributed by atoms with Crippen LogP contribution in [0.2, 0.25) is 0 Å². The van der Waals surface area contributed by atoms with Gasteiger partial charge in [-0.25, -0.2) is 4.79 Å². The third-order valence-corrected chi connectivity index (χ3v) is 4.22. The van der Waals surface area contributed by atoms with Crippen molar-refractivity contribution in [3.05, 3.63) is 54.1 Å². The van der Waals surface area contributed by atoms with E-state index in [4.69, 9.17) is 9.84 Å². The number of phenolic OH excluding ortho intramolecular Hbond substituents is 1. The van der Waals surface area contributed by atoms with Gasteiger partial charge >= 0.3 is 6.09 Å². The van der Waals surface area contributed by atoms with Crippen molar-refractivity contribution in [2.45, 2.75) is 23.8 Å². The third-order valence-electron chi connectivity index (χ3n) is 3.48. The summed E-state index contributed by atoms with van der Waals surface area (Å²) in [5, 5.41) is 21.1. The maximum absolute atomic E-state index is 12.1. The molecule has 0 bridgehead atoms. The highest BCUT2D eigenvalue weighted by Crippen LogP contribution is 2.25. The first-order valence-corrected chi connectivity index (χ1v) is 8.86. The molecule has 0 unspecified atom stereocenters. The summed E-state index contributed by atoms with van der Waals surface area (Å²) in [6, 6.07) is 14.0. The zero-order chi connectivity index (χ0) is 17.4. The maximum atomic E-state index is 12.1. The first-order chi connectivity index (χ1) is 11.6. The van der Waals surface area contributed by atoms with Crippen LogP contribution in [0.5, 0.6) is 5.75 Å². The van der Waals surface area contributed by atoms with Gasteiger partial charge in [-0.2, -0.15) is 0 Å². The minimum absolute atomic E-state index is 0.0235. The van der Waals surface area contributed by atoms with Crippen LogP contribution in [-0.4, -0.2) is 29.2 Å². The van der Waals surface area contributed by atoms with Crippen molar-refractivity contribution in [1.29, 1.82) is 0 Å². The lowest BCUT2D eigenvalue weighted by atomic mass is 10.0. The third kappa shape index (κ3) is 5.47. The molecule has 128 valence electrons. The van der Waals surface area contributed by atoms with E-state index in [1.165, 1.54) is 0 Å². The largest absolute Gasteiger partial charge is 0.508 e. The van der Waals surface area contributed by atoms with Gasteiger partial charge < -0.3 is 14.9 Å². The average Bonchev–Trinajstić information content (AvgIpc) is 2.60. The Hall–Kier alpha value is -2.18. The van der Waals surface area contributed by atoms with E-state index in [0.29, 0.717) is 18.5 Å². The number of phenols is 1. The van der Waals surface area contributed by atoms with E-state index in [9.17, 15) is 9.90 Å². The molecule has 0 aliphatic rings. The molecule has 0 aromatic heterocycles. The monoisotopic (exact) mass is 347 g/mol. The van der Waals surface area contributed by atoms with Gasteiger partial charge in [0, 0.05) is 17.2 Å². The number of aliphatic hydroxyl groups excluding tert-OH is 1. The maximum Gasteiger partial charge on any atom is 0.412 e. The number of hydrogen-bond acceptors (Lipinski definition) is 5. The van der Waals surface area contributed by atoms with E-state index < -0.39 is 12.2 Å². The molecule has 0 saturated heterocycles. The summed E-state index contributed by atoms with van der Waals surface area (Å²) >= 11 is 1.63. The Kier molecular flexibility index (Phi) is 6.96. The Bertz CT molecular complexity index is 643. The number of carbonyl (C=O) groups excluding carboxylic acids is 1. The fourth-order valence-corrected chi connectivity index (χ4v) is 2.62. The van der Waals surface area contributed by atoms with E-state index in [1.54, 1.807) is 36.0 Å². The summed E-state index contributed by atoms with van der Waals surface area (Å²) in [5.74, 6) is 0.151. The minimum Gasteiger partial charge on any atom is -0.508 e. The van der Waals surface area contributed by atoms with Crippen molar-refractivity contribution in [2.24, 2.45) is 0 Å². The van der Waals surface area contributed by atoms with Gasteiger partial charge in [0.05, 0.1) is 0 Å².